The Morgan fingerprint density at radius 1 is 1.11 bits per heavy atom. The normalized spacial score (nSPS) is 19.3. The molecule has 0 aromatic heterocycles. The average Bonchev–Trinajstić information content (AvgIpc) is 3.65. The van der Waals surface area contributed by atoms with E-state index in [1.165, 1.54) is 7.11 Å². The summed E-state index contributed by atoms with van der Waals surface area (Å²) in [5.41, 5.74) is 2.50. The van der Waals surface area contributed by atoms with Gasteiger partial charge in [-0.15, -0.1) is 0 Å². The number of nitrogens with zero attached hydrogens (tertiary/aromatic N) is 2. The zero-order valence-corrected chi connectivity index (χ0v) is 21.5. The molecular formula is C26H29Cl2FN2O4. The number of alkyl halides is 1. The fourth-order valence-electron chi connectivity index (χ4n) is 4.80. The third-order valence-electron chi connectivity index (χ3n) is 6.42. The lowest BCUT2D eigenvalue weighted by Crippen LogP contribution is -2.50. The van der Waals surface area contributed by atoms with Crippen LogP contribution in [0.2, 0.25) is 10.0 Å². The third-order valence-corrected chi connectivity index (χ3v) is 6.86. The van der Waals surface area contributed by atoms with Gasteiger partial charge < -0.3 is 9.47 Å². The maximum Gasteiger partial charge on any atom is 0.414 e. The lowest BCUT2D eigenvalue weighted by atomic mass is 9.87. The summed E-state index contributed by atoms with van der Waals surface area (Å²) in [6.45, 7) is 3.13. The summed E-state index contributed by atoms with van der Waals surface area (Å²) in [4.78, 5) is 29.5. The minimum absolute atomic E-state index is 0.162. The highest BCUT2D eigenvalue weighted by atomic mass is 35.5. The van der Waals surface area contributed by atoms with Crippen LogP contribution in [0.4, 0.5) is 19.7 Å². The number of methoxy groups -OCH3 is 1. The number of carbonyl (C=O) groups is 2. The summed E-state index contributed by atoms with van der Waals surface area (Å²) in [5, 5.41) is 0.916. The van der Waals surface area contributed by atoms with E-state index >= 15 is 0 Å². The molecule has 1 aliphatic heterocycles. The number of benzene rings is 2. The second-order valence-electron chi connectivity index (χ2n) is 9.36. The molecule has 0 radical (unpaired) electrons. The van der Waals surface area contributed by atoms with Gasteiger partial charge in [0.2, 0.25) is 0 Å². The van der Waals surface area contributed by atoms with E-state index in [0.29, 0.717) is 39.2 Å². The van der Waals surface area contributed by atoms with E-state index in [1.807, 2.05) is 0 Å². The molecule has 0 spiro atoms. The van der Waals surface area contributed by atoms with Crippen molar-refractivity contribution in [2.75, 3.05) is 12.0 Å². The lowest BCUT2D eigenvalue weighted by molar-refractivity contribution is 0.0904. The first-order chi connectivity index (χ1) is 16.7. The monoisotopic (exact) mass is 522 g/mol. The van der Waals surface area contributed by atoms with Crippen molar-refractivity contribution in [3.05, 3.63) is 63.1 Å². The van der Waals surface area contributed by atoms with Crippen LogP contribution in [0.1, 0.15) is 55.8 Å². The van der Waals surface area contributed by atoms with Crippen molar-refractivity contribution in [2.45, 2.75) is 64.5 Å². The van der Waals surface area contributed by atoms with E-state index in [0.717, 1.165) is 18.4 Å². The predicted octanol–water partition coefficient (Wildman–Crippen LogP) is 7.31. The molecule has 2 amide bonds. The standard InChI is InChI=1S/C26H29Cl2FN2O4/c1-15(2)35-26(33)31-22-7-4-16(13-29)10-21(22)24(12-23(31)18-5-6-18)30(25(32)34-3)14-17-8-19(27)11-20(28)9-17/h4,7-11,15,18,23-24H,5-6,12-14H2,1-3H3/t23-,24-/m0/s1. The van der Waals surface area contributed by atoms with Gasteiger partial charge in [0.05, 0.1) is 24.9 Å². The highest BCUT2D eigenvalue weighted by Crippen LogP contribution is 2.49. The molecule has 9 heteroatoms. The molecule has 0 N–H and O–H groups in total. The zero-order valence-electron chi connectivity index (χ0n) is 20.0. The number of fused-ring (bicyclic) bond motifs is 1. The van der Waals surface area contributed by atoms with Crippen LogP contribution in [0.25, 0.3) is 0 Å². The molecule has 0 bridgehead atoms. The molecule has 6 nitrogen and oxygen atoms in total. The molecule has 2 atom stereocenters. The van der Waals surface area contributed by atoms with Crippen LogP contribution in [0.15, 0.2) is 36.4 Å². The molecule has 188 valence electrons. The summed E-state index contributed by atoms with van der Waals surface area (Å²) in [5.74, 6) is 0.298. The van der Waals surface area contributed by atoms with Gasteiger partial charge in [-0.25, -0.2) is 14.0 Å². The van der Waals surface area contributed by atoms with Gasteiger partial charge in [-0.1, -0.05) is 29.3 Å². The Morgan fingerprint density at radius 3 is 2.37 bits per heavy atom. The summed E-state index contributed by atoms with van der Waals surface area (Å²) in [7, 11) is 1.33. The van der Waals surface area contributed by atoms with Crippen molar-refractivity contribution in [1.82, 2.24) is 4.90 Å². The second kappa shape index (κ2) is 10.6. The van der Waals surface area contributed by atoms with Crippen LogP contribution >= 0.6 is 23.2 Å². The van der Waals surface area contributed by atoms with Crippen molar-refractivity contribution >= 4 is 41.1 Å². The quantitative estimate of drug-likeness (QED) is 0.399. The SMILES string of the molecule is COC(=O)N(Cc1cc(Cl)cc(Cl)c1)[C@H]1C[C@@H](C2CC2)N(C(=O)OC(C)C)c2ccc(CF)cc21. The van der Waals surface area contributed by atoms with E-state index in [2.05, 4.69) is 0 Å². The van der Waals surface area contributed by atoms with E-state index in [1.54, 1.807) is 60.0 Å². The molecular weight excluding hydrogens is 494 g/mol. The first-order valence-corrected chi connectivity index (χ1v) is 12.5. The minimum Gasteiger partial charge on any atom is -0.453 e. The average molecular weight is 523 g/mol. The molecule has 1 aliphatic carbocycles. The summed E-state index contributed by atoms with van der Waals surface area (Å²) in [6.07, 6.45) is 1.20. The van der Waals surface area contributed by atoms with Crippen LogP contribution in [0, 0.1) is 5.92 Å². The Morgan fingerprint density at radius 2 is 1.80 bits per heavy atom. The number of carbonyl (C=O) groups excluding carboxylic acids is 2. The summed E-state index contributed by atoms with van der Waals surface area (Å²) in [6, 6.07) is 9.64. The third kappa shape index (κ3) is 5.67. The Kier molecular flexibility index (Phi) is 7.77. The van der Waals surface area contributed by atoms with Gasteiger partial charge in [0, 0.05) is 22.6 Å². The van der Waals surface area contributed by atoms with Crippen LogP contribution in [0.5, 0.6) is 0 Å². The fraction of sp³-hybridized carbons (Fsp3) is 0.462. The largest absolute Gasteiger partial charge is 0.453 e. The molecule has 2 aromatic carbocycles. The Labute approximate surface area is 214 Å². The highest BCUT2D eigenvalue weighted by Gasteiger charge is 2.47. The molecule has 1 saturated carbocycles. The Bertz CT molecular complexity index is 1090. The number of hydrogen-bond acceptors (Lipinski definition) is 4. The van der Waals surface area contributed by atoms with E-state index in [9.17, 15) is 14.0 Å². The molecule has 2 aromatic rings. The Hall–Kier alpha value is -2.51. The smallest absolute Gasteiger partial charge is 0.414 e. The minimum atomic E-state index is -0.662. The van der Waals surface area contributed by atoms with Gasteiger partial charge in [0.25, 0.3) is 0 Å². The number of ether oxygens (including phenoxy) is 2. The second-order valence-corrected chi connectivity index (χ2v) is 10.2. The maximum absolute atomic E-state index is 13.7. The number of rotatable bonds is 6. The van der Waals surface area contributed by atoms with Gasteiger partial charge in [-0.3, -0.25) is 9.80 Å². The molecule has 4 rings (SSSR count). The number of amides is 2. The first-order valence-electron chi connectivity index (χ1n) is 11.7. The van der Waals surface area contributed by atoms with Crippen molar-refractivity contribution in [3.63, 3.8) is 0 Å². The van der Waals surface area contributed by atoms with Crippen LogP contribution < -0.4 is 4.90 Å². The molecule has 35 heavy (non-hydrogen) atoms. The maximum atomic E-state index is 13.7. The van der Waals surface area contributed by atoms with Crippen molar-refractivity contribution < 1.29 is 23.5 Å². The highest BCUT2D eigenvalue weighted by molar-refractivity contribution is 6.34. The van der Waals surface area contributed by atoms with E-state index in [4.69, 9.17) is 32.7 Å². The van der Waals surface area contributed by atoms with Crippen LogP contribution in [-0.4, -0.2) is 36.3 Å². The molecule has 0 unspecified atom stereocenters. The van der Waals surface area contributed by atoms with Gasteiger partial charge in [-0.2, -0.15) is 0 Å². The van der Waals surface area contributed by atoms with Crippen molar-refractivity contribution in [1.29, 1.82) is 0 Å². The molecule has 1 fully saturated rings. The topological polar surface area (TPSA) is 59.1 Å². The van der Waals surface area contributed by atoms with Crippen molar-refractivity contribution in [3.8, 4) is 0 Å². The van der Waals surface area contributed by atoms with E-state index in [-0.39, 0.29) is 18.7 Å². The fourth-order valence-corrected chi connectivity index (χ4v) is 5.37. The molecule has 2 aliphatic rings. The number of halogens is 3. The summed E-state index contributed by atoms with van der Waals surface area (Å²) >= 11 is 12.4. The Balaban J connectivity index is 1.80. The van der Waals surface area contributed by atoms with Gasteiger partial charge in [-0.05, 0) is 86.1 Å². The predicted molar refractivity (Wildman–Crippen MR) is 134 cm³/mol. The summed E-state index contributed by atoms with van der Waals surface area (Å²) < 4.78 is 24.4. The van der Waals surface area contributed by atoms with Gasteiger partial charge in [0.15, 0.2) is 0 Å². The number of hydrogen-bond donors (Lipinski definition) is 0. The lowest BCUT2D eigenvalue weighted by Gasteiger charge is -2.44. The zero-order chi connectivity index (χ0) is 25.3. The van der Waals surface area contributed by atoms with Gasteiger partial charge in [0.1, 0.15) is 6.67 Å². The van der Waals surface area contributed by atoms with Crippen LogP contribution in [0.3, 0.4) is 0 Å². The van der Waals surface area contributed by atoms with Gasteiger partial charge >= 0.3 is 12.2 Å². The molecule has 0 saturated heterocycles. The van der Waals surface area contributed by atoms with E-state index < -0.39 is 24.9 Å². The molecule has 1 heterocycles. The number of anilines is 1. The van der Waals surface area contributed by atoms with Crippen LogP contribution in [-0.2, 0) is 22.7 Å². The van der Waals surface area contributed by atoms with Crippen molar-refractivity contribution in [2.24, 2.45) is 5.92 Å². The first kappa shape index (κ1) is 25.6.